The first kappa shape index (κ1) is 12.4. The number of alkyl halides is 2. The second kappa shape index (κ2) is 4.92. The largest absolute Gasteiger partial charge is 0.501 e. The zero-order valence-electron chi connectivity index (χ0n) is 8.74. The van der Waals surface area contributed by atoms with Crippen LogP contribution in [0.5, 0.6) is 5.75 Å². The van der Waals surface area contributed by atoms with Gasteiger partial charge in [0.2, 0.25) is 0 Å². The molecule has 0 bridgehead atoms. The van der Waals surface area contributed by atoms with Gasteiger partial charge in [-0.2, -0.15) is 8.78 Å². The van der Waals surface area contributed by atoms with E-state index in [1.807, 2.05) is 6.92 Å². The van der Waals surface area contributed by atoms with Crippen LogP contribution in [0.1, 0.15) is 18.9 Å². The number of hydrogen-bond donors (Lipinski definition) is 1. The van der Waals surface area contributed by atoms with Gasteiger partial charge in [-0.05, 0) is 24.1 Å². The maximum absolute atomic E-state index is 12.7. The third-order valence-corrected chi connectivity index (χ3v) is 1.96. The van der Waals surface area contributed by atoms with Crippen LogP contribution in [-0.4, -0.2) is 17.2 Å². The summed E-state index contributed by atoms with van der Waals surface area (Å²) in [7, 11) is 0. The molecule has 0 aromatic heterocycles. The van der Waals surface area contributed by atoms with E-state index in [1.165, 1.54) is 12.1 Å². The molecule has 88 valence electrons. The van der Waals surface area contributed by atoms with E-state index in [9.17, 15) is 13.6 Å². The van der Waals surface area contributed by atoms with Crippen molar-refractivity contribution in [2.45, 2.75) is 25.9 Å². The quantitative estimate of drug-likeness (QED) is 0.845. The maximum Gasteiger partial charge on any atom is 0.501 e. The van der Waals surface area contributed by atoms with Crippen molar-refractivity contribution in [2.75, 3.05) is 0 Å². The van der Waals surface area contributed by atoms with Crippen molar-refractivity contribution in [3.63, 3.8) is 0 Å². The normalized spacial score (nSPS) is 11.2. The van der Waals surface area contributed by atoms with Crippen molar-refractivity contribution in [2.24, 2.45) is 0 Å². The summed E-state index contributed by atoms with van der Waals surface area (Å²) in [6, 6.07) is 5.94. The minimum absolute atomic E-state index is 0.160. The van der Waals surface area contributed by atoms with Gasteiger partial charge in [0.15, 0.2) is 0 Å². The number of carboxylic acids is 1. The van der Waals surface area contributed by atoms with Gasteiger partial charge < -0.3 is 9.84 Å². The Morgan fingerprint density at radius 1 is 1.38 bits per heavy atom. The van der Waals surface area contributed by atoms with E-state index in [2.05, 4.69) is 4.74 Å². The van der Waals surface area contributed by atoms with Crippen LogP contribution in [0.4, 0.5) is 8.78 Å². The van der Waals surface area contributed by atoms with Gasteiger partial charge >= 0.3 is 12.1 Å². The van der Waals surface area contributed by atoms with Gasteiger partial charge in [0, 0.05) is 0 Å². The van der Waals surface area contributed by atoms with E-state index < -0.39 is 12.1 Å². The molecule has 0 spiro atoms. The predicted molar refractivity (Wildman–Crippen MR) is 53.6 cm³/mol. The Bertz CT molecular complexity index is 360. The average molecular weight is 230 g/mol. The van der Waals surface area contributed by atoms with Crippen molar-refractivity contribution in [3.8, 4) is 5.75 Å². The fraction of sp³-hybridized carbons (Fsp3) is 0.364. The Morgan fingerprint density at radius 2 is 1.94 bits per heavy atom. The minimum Gasteiger partial charge on any atom is -0.474 e. The second-order valence-corrected chi connectivity index (χ2v) is 3.32. The van der Waals surface area contributed by atoms with Crippen LogP contribution in [0.2, 0.25) is 0 Å². The van der Waals surface area contributed by atoms with Gasteiger partial charge in [-0.1, -0.05) is 25.5 Å². The van der Waals surface area contributed by atoms with E-state index in [0.29, 0.717) is 0 Å². The lowest BCUT2D eigenvalue weighted by atomic mass is 10.1. The molecule has 1 aromatic carbocycles. The number of carbonyl (C=O) groups is 1. The molecule has 0 unspecified atom stereocenters. The van der Waals surface area contributed by atoms with Crippen molar-refractivity contribution < 1.29 is 23.4 Å². The molecule has 0 atom stereocenters. The summed E-state index contributed by atoms with van der Waals surface area (Å²) in [5.41, 5.74) is 0.994. The Hall–Kier alpha value is -1.65. The minimum atomic E-state index is -4.19. The highest BCUT2D eigenvalue weighted by Gasteiger charge is 2.42. The monoisotopic (exact) mass is 230 g/mol. The van der Waals surface area contributed by atoms with Crippen LogP contribution >= 0.6 is 0 Å². The van der Waals surface area contributed by atoms with Gasteiger partial charge in [0.25, 0.3) is 0 Å². The maximum atomic E-state index is 12.7. The highest BCUT2D eigenvalue weighted by Crippen LogP contribution is 2.22. The van der Waals surface area contributed by atoms with E-state index in [0.717, 1.165) is 18.4 Å². The summed E-state index contributed by atoms with van der Waals surface area (Å²) in [6.45, 7) is 2.00. The lowest BCUT2D eigenvalue weighted by Gasteiger charge is -2.13. The molecule has 0 saturated carbocycles. The molecule has 1 rings (SSSR count). The Morgan fingerprint density at radius 3 is 2.38 bits per heavy atom. The van der Waals surface area contributed by atoms with Crippen LogP contribution in [0.25, 0.3) is 0 Å². The molecule has 1 N–H and O–H groups in total. The molecule has 16 heavy (non-hydrogen) atoms. The van der Waals surface area contributed by atoms with Crippen LogP contribution in [-0.2, 0) is 11.2 Å². The second-order valence-electron chi connectivity index (χ2n) is 3.32. The molecular weight excluding hydrogens is 218 g/mol. The average Bonchev–Trinajstić information content (AvgIpc) is 2.21. The molecule has 0 heterocycles. The molecule has 0 aliphatic carbocycles. The Balaban J connectivity index is 2.72. The molecule has 0 fully saturated rings. The van der Waals surface area contributed by atoms with Crippen molar-refractivity contribution in [1.82, 2.24) is 0 Å². The molecular formula is C11H12F2O3. The number of aliphatic carboxylic acids is 1. The van der Waals surface area contributed by atoms with E-state index in [1.54, 1.807) is 12.1 Å². The van der Waals surface area contributed by atoms with E-state index in [-0.39, 0.29) is 5.75 Å². The molecule has 1 aromatic rings. The zero-order valence-corrected chi connectivity index (χ0v) is 8.74. The first-order valence-corrected chi connectivity index (χ1v) is 4.85. The van der Waals surface area contributed by atoms with Gasteiger partial charge in [0.05, 0.1) is 0 Å². The first-order valence-electron chi connectivity index (χ1n) is 4.85. The van der Waals surface area contributed by atoms with Crippen LogP contribution in [0.15, 0.2) is 24.3 Å². The standard InChI is InChI=1S/C11H12F2O3/c1-2-3-8-4-6-9(7-5-8)16-11(12,13)10(14)15/h4-7H,2-3H2,1H3,(H,14,15). The third-order valence-electron chi connectivity index (χ3n) is 1.96. The van der Waals surface area contributed by atoms with Crippen LogP contribution in [0, 0.1) is 0 Å². The Kier molecular flexibility index (Phi) is 3.82. The summed E-state index contributed by atoms with van der Waals surface area (Å²) < 4.78 is 29.4. The van der Waals surface area contributed by atoms with Gasteiger partial charge in [-0.25, -0.2) is 4.79 Å². The van der Waals surface area contributed by atoms with Crippen LogP contribution < -0.4 is 4.74 Å². The smallest absolute Gasteiger partial charge is 0.474 e. The summed E-state index contributed by atoms with van der Waals surface area (Å²) in [6.07, 6.45) is -2.40. The topological polar surface area (TPSA) is 46.5 Å². The lowest BCUT2D eigenvalue weighted by molar-refractivity contribution is -0.210. The number of hydrogen-bond acceptors (Lipinski definition) is 2. The third kappa shape index (κ3) is 3.18. The summed E-state index contributed by atoms with van der Waals surface area (Å²) in [4.78, 5) is 10.1. The first-order chi connectivity index (χ1) is 7.45. The number of ether oxygens (including phenoxy) is 1. The number of halogens is 2. The van der Waals surface area contributed by atoms with E-state index >= 15 is 0 Å². The van der Waals surface area contributed by atoms with Crippen molar-refractivity contribution in [3.05, 3.63) is 29.8 Å². The molecule has 0 aliphatic heterocycles. The number of rotatable bonds is 5. The SMILES string of the molecule is CCCc1ccc(OC(F)(F)C(=O)O)cc1. The number of benzene rings is 1. The molecule has 0 radical (unpaired) electrons. The summed E-state index contributed by atoms with van der Waals surface area (Å²) >= 11 is 0. The van der Waals surface area contributed by atoms with Gasteiger partial charge in [-0.3, -0.25) is 0 Å². The highest BCUT2D eigenvalue weighted by molar-refractivity contribution is 5.73. The van der Waals surface area contributed by atoms with Crippen molar-refractivity contribution >= 4 is 5.97 Å². The molecule has 0 amide bonds. The molecule has 5 heteroatoms. The number of aryl methyl sites for hydroxylation is 1. The van der Waals surface area contributed by atoms with Gasteiger partial charge in [0.1, 0.15) is 5.75 Å². The van der Waals surface area contributed by atoms with Crippen LogP contribution in [0.3, 0.4) is 0 Å². The Labute approximate surface area is 91.7 Å². The van der Waals surface area contributed by atoms with Crippen molar-refractivity contribution in [1.29, 1.82) is 0 Å². The number of carboxylic acid groups (broad SMARTS) is 1. The predicted octanol–water partition coefficient (Wildman–Crippen LogP) is 2.70. The van der Waals surface area contributed by atoms with Gasteiger partial charge in [-0.15, -0.1) is 0 Å². The molecule has 0 saturated heterocycles. The highest BCUT2D eigenvalue weighted by atomic mass is 19.3. The fourth-order valence-electron chi connectivity index (χ4n) is 1.20. The molecule has 3 nitrogen and oxygen atoms in total. The summed E-state index contributed by atoms with van der Waals surface area (Å²) in [5, 5.41) is 8.17. The lowest BCUT2D eigenvalue weighted by Crippen LogP contribution is -2.34. The summed E-state index contributed by atoms with van der Waals surface area (Å²) in [5.74, 6) is -2.46. The zero-order chi connectivity index (χ0) is 12.2. The van der Waals surface area contributed by atoms with E-state index in [4.69, 9.17) is 5.11 Å². The molecule has 0 aliphatic rings. The fourth-order valence-corrected chi connectivity index (χ4v) is 1.20.